The second-order valence-electron chi connectivity index (χ2n) is 6.03. The van der Waals surface area contributed by atoms with Crippen molar-refractivity contribution in [3.8, 4) is 17.2 Å². The molecule has 1 aliphatic heterocycles. The zero-order valence-electron chi connectivity index (χ0n) is 14.9. The molecule has 27 heavy (non-hydrogen) atoms. The van der Waals surface area contributed by atoms with Gasteiger partial charge in [0.25, 0.3) is 11.1 Å². The van der Waals surface area contributed by atoms with Crippen LogP contribution < -0.4 is 4.74 Å². The molecule has 1 aliphatic rings. The summed E-state index contributed by atoms with van der Waals surface area (Å²) in [4.78, 5) is 15.8. The van der Waals surface area contributed by atoms with Crippen LogP contribution in [0.5, 0.6) is 5.75 Å². The normalized spacial score (nSPS) is 13.4. The average molecular weight is 402 g/mol. The lowest BCUT2D eigenvalue weighted by Crippen LogP contribution is -2.36. The molecular weight excluding hydrogens is 382 g/mol. The standard InChI is InChI=1S/C19H19N3O3S2/c1-2-24-15-6-4-3-5-14(15)18-20-21-19(25-18)27-12-17(23)22-9-7-16-13(11-22)8-10-26-16/h3-6,8,10H,2,7,9,11-12H2,1H3. The first kappa shape index (κ1) is 18.1. The highest BCUT2D eigenvalue weighted by atomic mass is 32.2. The van der Waals surface area contributed by atoms with Crippen molar-refractivity contribution in [2.24, 2.45) is 0 Å². The van der Waals surface area contributed by atoms with Crippen LogP contribution in [-0.4, -0.2) is 39.9 Å². The Bertz CT molecular complexity index is 938. The van der Waals surface area contributed by atoms with Gasteiger partial charge in [-0.05, 0) is 42.5 Å². The van der Waals surface area contributed by atoms with Crippen molar-refractivity contribution >= 4 is 29.0 Å². The Labute approximate surface area is 165 Å². The van der Waals surface area contributed by atoms with Gasteiger partial charge < -0.3 is 14.1 Å². The molecule has 0 saturated carbocycles. The number of para-hydroxylation sites is 1. The Morgan fingerprint density at radius 1 is 1.33 bits per heavy atom. The van der Waals surface area contributed by atoms with Crippen molar-refractivity contribution in [1.29, 1.82) is 0 Å². The maximum Gasteiger partial charge on any atom is 0.277 e. The summed E-state index contributed by atoms with van der Waals surface area (Å²) in [6.07, 6.45) is 0.933. The molecule has 4 rings (SSSR count). The fraction of sp³-hybridized carbons (Fsp3) is 0.316. The van der Waals surface area contributed by atoms with Crippen molar-refractivity contribution in [2.45, 2.75) is 25.1 Å². The van der Waals surface area contributed by atoms with E-state index < -0.39 is 0 Å². The quantitative estimate of drug-likeness (QED) is 0.584. The van der Waals surface area contributed by atoms with Gasteiger partial charge in [-0.2, -0.15) is 0 Å². The summed E-state index contributed by atoms with van der Waals surface area (Å²) in [6, 6.07) is 9.65. The Kier molecular flexibility index (Phi) is 5.45. The third-order valence-electron chi connectivity index (χ3n) is 4.30. The number of aromatic nitrogens is 2. The van der Waals surface area contributed by atoms with Gasteiger partial charge in [-0.1, -0.05) is 23.9 Å². The molecule has 3 aromatic rings. The van der Waals surface area contributed by atoms with Crippen molar-refractivity contribution in [3.05, 3.63) is 46.2 Å². The topological polar surface area (TPSA) is 68.5 Å². The second kappa shape index (κ2) is 8.14. The maximum atomic E-state index is 12.5. The van der Waals surface area contributed by atoms with Gasteiger partial charge in [-0.3, -0.25) is 4.79 Å². The van der Waals surface area contributed by atoms with Gasteiger partial charge in [-0.25, -0.2) is 0 Å². The summed E-state index contributed by atoms with van der Waals surface area (Å²) < 4.78 is 11.3. The van der Waals surface area contributed by atoms with Crippen LogP contribution in [-0.2, 0) is 17.8 Å². The minimum atomic E-state index is 0.0892. The van der Waals surface area contributed by atoms with Crippen molar-refractivity contribution in [2.75, 3.05) is 18.9 Å². The van der Waals surface area contributed by atoms with Gasteiger partial charge in [-0.15, -0.1) is 21.5 Å². The molecule has 1 aromatic carbocycles. The SMILES string of the molecule is CCOc1ccccc1-c1nnc(SCC(=O)N2CCc3sccc3C2)o1. The molecule has 0 atom stereocenters. The van der Waals surface area contributed by atoms with Gasteiger partial charge in [0.15, 0.2) is 0 Å². The van der Waals surface area contributed by atoms with E-state index in [0.29, 0.717) is 30.0 Å². The lowest BCUT2D eigenvalue weighted by atomic mass is 10.1. The lowest BCUT2D eigenvalue weighted by Gasteiger charge is -2.26. The number of amides is 1. The van der Waals surface area contributed by atoms with Gasteiger partial charge in [0.1, 0.15) is 5.75 Å². The van der Waals surface area contributed by atoms with Crippen LogP contribution in [0.2, 0.25) is 0 Å². The first-order valence-electron chi connectivity index (χ1n) is 8.76. The molecule has 0 bridgehead atoms. The molecule has 3 heterocycles. The zero-order valence-corrected chi connectivity index (χ0v) is 16.5. The smallest absolute Gasteiger partial charge is 0.277 e. The predicted molar refractivity (Wildman–Crippen MR) is 105 cm³/mol. The molecule has 140 valence electrons. The lowest BCUT2D eigenvalue weighted by molar-refractivity contribution is -0.129. The molecule has 0 spiro atoms. The van der Waals surface area contributed by atoms with Crippen molar-refractivity contribution in [1.82, 2.24) is 15.1 Å². The van der Waals surface area contributed by atoms with E-state index in [1.165, 1.54) is 22.2 Å². The molecule has 0 saturated heterocycles. The molecule has 0 unspecified atom stereocenters. The van der Waals surface area contributed by atoms with Crippen molar-refractivity contribution in [3.63, 3.8) is 0 Å². The first-order valence-corrected chi connectivity index (χ1v) is 10.6. The predicted octanol–water partition coefficient (Wildman–Crippen LogP) is 3.87. The molecule has 0 N–H and O–H groups in total. The van der Waals surface area contributed by atoms with E-state index in [9.17, 15) is 4.79 Å². The van der Waals surface area contributed by atoms with E-state index in [2.05, 4.69) is 21.6 Å². The fourth-order valence-electron chi connectivity index (χ4n) is 2.98. The van der Waals surface area contributed by atoms with Crippen LogP contribution >= 0.6 is 23.1 Å². The third kappa shape index (κ3) is 4.01. The van der Waals surface area contributed by atoms with Gasteiger partial charge in [0.2, 0.25) is 5.91 Å². The Morgan fingerprint density at radius 3 is 3.11 bits per heavy atom. The number of hydrogen-bond acceptors (Lipinski definition) is 7. The molecule has 0 aliphatic carbocycles. The summed E-state index contributed by atoms with van der Waals surface area (Å²) in [5, 5.41) is 10.6. The van der Waals surface area contributed by atoms with Crippen LogP contribution in [0.1, 0.15) is 17.4 Å². The van der Waals surface area contributed by atoms with E-state index in [-0.39, 0.29) is 11.7 Å². The number of carbonyl (C=O) groups excluding carboxylic acids is 1. The summed E-state index contributed by atoms with van der Waals surface area (Å²) in [5.74, 6) is 1.48. The molecule has 6 nitrogen and oxygen atoms in total. The van der Waals surface area contributed by atoms with E-state index in [0.717, 1.165) is 18.5 Å². The molecule has 0 radical (unpaired) electrons. The van der Waals surface area contributed by atoms with E-state index in [1.807, 2.05) is 36.1 Å². The molecule has 1 amide bonds. The van der Waals surface area contributed by atoms with Gasteiger partial charge in [0.05, 0.1) is 17.9 Å². The summed E-state index contributed by atoms with van der Waals surface area (Å²) in [6.45, 7) is 3.94. The van der Waals surface area contributed by atoms with Crippen LogP contribution in [0.15, 0.2) is 45.4 Å². The largest absolute Gasteiger partial charge is 0.493 e. The summed E-state index contributed by atoms with van der Waals surface area (Å²) in [7, 11) is 0. The monoisotopic (exact) mass is 401 g/mol. The van der Waals surface area contributed by atoms with Gasteiger partial charge in [0, 0.05) is 18.0 Å². The zero-order chi connectivity index (χ0) is 18.6. The number of carbonyl (C=O) groups is 1. The van der Waals surface area contributed by atoms with E-state index in [1.54, 1.807) is 11.3 Å². The number of ether oxygens (including phenoxy) is 1. The minimum Gasteiger partial charge on any atom is -0.493 e. The summed E-state index contributed by atoms with van der Waals surface area (Å²) in [5.41, 5.74) is 2.02. The molecule has 2 aromatic heterocycles. The van der Waals surface area contributed by atoms with Gasteiger partial charge >= 0.3 is 0 Å². The number of fused-ring (bicyclic) bond motifs is 1. The molecular formula is C19H19N3O3S2. The second-order valence-corrected chi connectivity index (χ2v) is 7.95. The fourth-order valence-corrected chi connectivity index (χ4v) is 4.53. The number of hydrogen-bond donors (Lipinski definition) is 0. The van der Waals surface area contributed by atoms with E-state index >= 15 is 0 Å². The number of thioether (sulfide) groups is 1. The van der Waals surface area contributed by atoms with Crippen LogP contribution in [0, 0.1) is 0 Å². The maximum absolute atomic E-state index is 12.5. The molecule has 8 heteroatoms. The highest BCUT2D eigenvalue weighted by molar-refractivity contribution is 7.99. The highest BCUT2D eigenvalue weighted by Crippen LogP contribution is 2.31. The highest BCUT2D eigenvalue weighted by Gasteiger charge is 2.22. The van der Waals surface area contributed by atoms with Crippen LogP contribution in [0.4, 0.5) is 0 Å². The number of benzene rings is 1. The number of thiophene rings is 1. The Balaban J connectivity index is 1.38. The van der Waals surface area contributed by atoms with E-state index in [4.69, 9.17) is 9.15 Å². The first-order chi connectivity index (χ1) is 13.2. The third-order valence-corrected chi connectivity index (χ3v) is 6.13. The minimum absolute atomic E-state index is 0.0892. The van der Waals surface area contributed by atoms with Crippen LogP contribution in [0.3, 0.4) is 0 Å². The number of nitrogens with zero attached hydrogens (tertiary/aromatic N) is 3. The molecule has 0 fully saturated rings. The van der Waals surface area contributed by atoms with Crippen molar-refractivity contribution < 1.29 is 13.9 Å². The number of rotatable bonds is 6. The Morgan fingerprint density at radius 2 is 2.22 bits per heavy atom. The average Bonchev–Trinajstić information content (AvgIpc) is 3.35. The summed E-state index contributed by atoms with van der Waals surface area (Å²) >= 11 is 3.04. The van der Waals surface area contributed by atoms with Crippen LogP contribution in [0.25, 0.3) is 11.5 Å². The Hall–Kier alpha value is -2.32.